The molecule has 5 heterocycles. The number of piperazine rings is 1. The number of aromatic nitrogens is 4. The fourth-order valence-corrected chi connectivity index (χ4v) is 5.73. The summed E-state index contributed by atoms with van der Waals surface area (Å²) in [6, 6.07) is 18.5. The van der Waals surface area contributed by atoms with Crippen LogP contribution in [0.15, 0.2) is 72.9 Å². The summed E-state index contributed by atoms with van der Waals surface area (Å²) in [7, 11) is 0. The summed E-state index contributed by atoms with van der Waals surface area (Å²) in [5.74, 6) is 1.68. The van der Waals surface area contributed by atoms with Gasteiger partial charge in [-0.25, -0.2) is 19.3 Å². The first-order valence-electron chi connectivity index (χ1n) is 14.4. The number of hydrogen-bond acceptors (Lipinski definition) is 7. The Hall–Kier alpha value is -4.41. The van der Waals surface area contributed by atoms with Crippen LogP contribution in [0, 0.1) is 11.2 Å². The topological polar surface area (TPSA) is 108 Å². The van der Waals surface area contributed by atoms with Crippen LogP contribution in [0.4, 0.5) is 10.2 Å². The van der Waals surface area contributed by atoms with E-state index in [4.69, 9.17) is 15.4 Å². The predicted octanol–water partition coefficient (Wildman–Crippen LogP) is 4.61. The van der Waals surface area contributed by atoms with E-state index in [1.165, 1.54) is 6.07 Å². The first kappa shape index (κ1) is 27.7. The monoisotopic (exact) mass is 566 g/mol. The van der Waals surface area contributed by atoms with Gasteiger partial charge in [0.15, 0.2) is 0 Å². The number of amidine groups is 1. The summed E-state index contributed by atoms with van der Waals surface area (Å²) in [5.41, 5.74) is 4.01. The molecule has 0 saturated carbocycles. The molecule has 6 rings (SSSR count). The van der Waals surface area contributed by atoms with Gasteiger partial charge in [-0.15, -0.1) is 0 Å². The molecule has 0 amide bonds. The first-order valence-corrected chi connectivity index (χ1v) is 14.4. The van der Waals surface area contributed by atoms with E-state index >= 15 is 0 Å². The summed E-state index contributed by atoms with van der Waals surface area (Å²) in [6.07, 6.45) is 7.14. The third-order valence-electron chi connectivity index (χ3n) is 7.92. The number of benzene rings is 1. The van der Waals surface area contributed by atoms with Gasteiger partial charge in [0.1, 0.15) is 23.3 Å². The number of rotatable bonds is 8. The van der Waals surface area contributed by atoms with Gasteiger partial charge < -0.3 is 19.9 Å². The number of halogens is 1. The highest BCUT2D eigenvalue weighted by Gasteiger charge is 2.27. The van der Waals surface area contributed by atoms with Crippen LogP contribution >= 0.6 is 0 Å². The van der Waals surface area contributed by atoms with Gasteiger partial charge in [0.2, 0.25) is 0 Å². The second-order valence-electron chi connectivity index (χ2n) is 10.6. The summed E-state index contributed by atoms with van der Waals surface area (Å²) >= 11 is 0. The minimum absolute atomic E-state index is 0.0000619. The van der Waals surface area contributed by atoms with Gasteiger partial charge >= 0.3 is 0 Å². The summed E-state index contributed by atoms with van der Waals surface area (Å²) in [5, 5.41) is 17.9. The van der Waals surface area contributed by atoms with Gasteiger partial charge in [0, 0.05) is 39.3 Å². The van der Waals surface area contributed by atoms with Crippen LogP contribution in [-0.4, -0.2) is 86.6 Å². The molecule has 1 atom stereocenters. The number of likely N-dealkylation sites (tertiary alicyclic amines) is 1. The molecule has 2 fully saturated rings. The molecule has 42 heavy (non-hydrogen) atoms. The van der Waals surface area contributed by atoms with Crippen molar-refractivity contribution in [2.75, 3.05) is 50.8 Å². The number of nitrogens with one attached hydrogen (secondary N) is 2. The standard InChI is InChI=1S/C32H35FN8O/c33-24-6-1-5-23(21-24)29-10-4-14-41(29)30(34)12-13-31-35-22-28(37-31)27-8-2-7-25(36-27)26-9-3-11-32(38-26)40-17-15-39(16-18-40)19-20-42/h1-3,5-9,11-13,21-22,29,34,42H,4,10,14-20H2,(H,35,37)/t29-/m1/s1. The summed E-state index contributed by atoms with van der Waals surface area (Å²) < 4.78 is 13.8. The molecule has 9 nitrogen and oxygen atoms in total. The molecule has 3 aromatic heterocycles. The third kappa shape index (κ3) is 6.24. The Kier molecular flexibility index (Phi) is 8.34. The average Bonchev–Trinajstić information content (AvgIpc) is 3.71. The zero-order valence-electron chi connectivity index (χ0n) is 23.5. The molecular weight excluding hydrogens is 531 g/mol. The number of nitrogens with zero attached hydrogens (tertiary/aromatic N) is 6. The third-order valence-corrected chi connectivity index (χ3v) is 7.92. The maximum absolute atomic E-state index is 13.8. The second-order valence-corrected chi connectivity index (χ2v) is 10.6. The number of aliphatic hydroxyl groups excluding tert-OH is 1. The Balaban J connectivity index is 1.13. The molecule has 1 aromatic carbocycles. The summed E-state index contributed by atoms with van der Waals surface area (Å²) in [4.78, 5) is 24.1. The van der Waals surface area contributed by atoms with Crippen LogP contribution in [0.2, 0.25) is 0 Å². The summed E-state index contributed by atoms with van der Waals surface area (Å²) in [6.45, 7) is 5.21. The van der Waals surface area contributed by atoms with E-state index in [0.717, 1.165) is 79.7 Å². The molecule has 2 aliphatic heterocycles. The molecule has 4 aromatic rings. The van der Waals surface area contributed by atoms with Crippen LogP contribution < -0.4 is 4.90 Å². The molecule has 0 bridgehead atoms. The van der Waals surface area contributed by atoms with Crippen molar-refractivity contribution in [2.45, 2.75) is 18.9 Å². The van der Waals surface area contributed by atoms with Gasteiger partial charge in [-0.05, 0) is 67.0 Å². The number of β-amino-alcohol motifs (C(OH)–C–C–N with tert-alkyl or cyclic N) is 1. The smallest absolute Gasteiger partial charge is 0.130 e. The van der Waals surface area contributed by atoms with E-state index in [2.05, 4.69) is 19.8 Å². The van der Waals surface area contributed by atoms with E-state index in [1.54, 1.807) is 30.5 Å². The maximum atomic E-state index is 13.8. The number of anilines is 1. The molecular formula is C32H35FN8O. The Morgan fingerprint density at radius 1 is 0.976 bits per heavy atom. The lowest BCUT2D eigenvalue weighted by Gasteiger charge is -2.35. The Morgan fingerprint density at radius 3 is 2.55 bits per heavy atom. The van der Waals surface area contributed by atoms with Crippen molar-refractivity contribution in [3.63, 3.8) is 0 Å². The van der Waals surface area contributed by atoms with E-state index in [0.29, 0.717) is 18.2 Å². The molecule has 0 spiro atoms. The van der Waals surface area contributed by atoms with Gasteiger partial charge in [-0.2, -0.15) is 0 Å². The van der Waals surface area contributed by atoms with Gasteiger partial charge in [-0.1, -0.05) is 24.3 Å². The number of aromatic amines is 1. The number of pyridine rings is 2. The van der Waals surface area contributed by atoms with E-state index in [9.17, 15) is 9.50 Å². The maximum Gasteiger partial charge on any atom is 0.130 e. The van der Waals surface area contributed by atoms with E-state index in [1.807, 2.05) is 47.4 Å². The highest BCUT2D eigenvalue weighted by Crippen LogP contribution is 2.32. The lowest BCUT2D eigenvalue weighted by atomic mass is 10.0. The van der Waals surface area contributed by atoms with Crippen molar-refractivity contribution in [2.24, 2.45) is 0 Å². The SMILES string of the molecule is N=C(C=Cc1ncc(-c2cccc(-c3cccc(N4CCN(CCO)CC4)n3)n2)[nH]1)N1CCC[C@@H]1c1cccc(F)c1. The lowest BCUT2D eigenvalue weighted by molar-refractivity contribution is 0.188. The van der Waals surface area contributed by atoms with Crippen LogP contribution in [0.25, 0.3) is 28.9 Å². The fourth-order valence-electron chi connectivity index (χ4n) is 5.73. The Bertz CT molecular complexity index is 1560. The zero-order chi connectivity index (χ0) is 28.9. The van der Waals surface area contributed by atoms with Gasteiger partial charge in [0.25, 0.3) is 0 Å². The van der Waals surface area contributed by atoms with Crippen molar-refractivity contribution in [1.29, 1.82) is 5.41 Å². The highest BCUT2D eigenvalue weighted by atomic mass is 19.1. The normalized spacial score (nSPS) is 17.8. The molecule has 0 aliphatic carbocycles. The van der Waals surface area contributed by atoms with Gasteiger partial charge in [0.05, 0.1) is 41.6 Å². The molecule has 0 unspecified atom stereocenters. The number of imidazole rings is 1. The quantitative estimate of drug-likeness (QED) is 0.211. The Morgan fingerprint density at radius 2 is 1.74 bits per heavy atom. The van der Waals surface area contributed by atoms with E-state index < -0.39 is 0 Å². The van der Waals surface area contributed by atoms with Crippen LogP contribution in [0.5, 0.6) is 0 Å². The van der Waals surface area contributed by atoms with Crippen molar-refractivity contribution >= 4 is 17.7 Å². The van der Waals surface area contributed by atoms with Crippen molar-refractivity contribution in [3.05, 3.63) is 90.1 Å². The van der Waals surface area contributed by atoms with E-state index in [-0.39, 0.29) is 18.5 Å². The van der Waals surface area contributed by atoms with Crippen LogP contribution in [0.1, 0.15) is 30.3 Å². The minimum atomic E-state index is -0.251. The lowest BCUT2D eigenvalue weighted by Crippen LogP contribution is -2.47. The minimum Gasteiger partial charge on any atom is -0.395 e. The average molecular weight is 567 g/mol. The number of H-pyrrole nitrogens is 1. The highest BCUT2D eigenvalue weighted by molar-refractivity contribution is 5.94. The number of hydrogen-bond donors (Lipinski definition) is 3. The Labute approximate surface area is 244 Å². The molecule has 10 heteroatoms. The molecule has 216 valence electrons. The second kappa shape index (κ2) is 12.6. The van der Waals surface area contributed by atoms with Crippen LogP contribution in [0.3, 0.4) is 0 Å². The molecule has 2 aliphatic rings. The number of aliphatic hydroxyl groups is 1. The van der Waals surface area contributed by atoms with Crippen molar-refractivity contribution in [1.82, 2.24) is 29.7 Å². The fraction of sp³-hybridized carbons (Fsp3) is 0.312. The zero-order valence-corrected chi connectivity index (χ0v) is 23.5. The van der Waals surface area contributed by atoms with Gasteiger partial charge in [-0.3, -0.25) is 10.3 Å². The van der Waals surface area contributed by atoms with Crippen molar-refractivity contribution < 1.29 is 9.50 Å². The molecule has 3 N–H and O–H groups in total. The van der Waals surface area contributed by atoms with Crippen molar-refractivity contribution in [3.8, 4) is 22.8 Å². The molecule has 0 radical (unpaired) electrons. The first-order chi connectivity index (χ1) is 20.6. The predicted molar refractivity (Wildman–Crippen MR) is 163 cm³/mol. The molecule has 2 saturated heterocycles. The largest absolute Gasteiger partial charge is 0.395 e. The van der Waals surface area contributed by atoms with Crippen LogP contribution in [-0.2, 0) is 0 Å².